The van der Waals surface area contributed by atoms with Crippen LogP contribution in [0.5, 0.6) is 0 Å². The first kappa shape index (κ1) is 19.2. The van der Waals surface area contributed by atoms with E-state index in [9.17, 15) is 9.18 Å². The van der Waals surface area contributed by atoms with Crippen molar-refractivity contribution in [2.24, 2.45) is 0 Å². The molecule has 3 aromatic carbocycles. The fourth-order valence-corrected chi connectivity index (χ4v) is 3.70. The van der Waals surface area contributed by atoms with Crippen LogP contribution in [-0.4, -0.2) is 32.1 Å². The van der Waals surface area contributed by atoms with Gasteiger partial charge in [-0.15, -0.1) is 0 Å². The van der Waals surface area contributed by atoms with E-state index >= 15 is 0 Å². The molecule has 4 rings (SSSR count). The Kier molecular flexibility index (Phi) is 5.86. The number of halogens is 1. The van der Waals surface area contributed by atoms with Crippen molar-refractivity contribution in [2.75, 3.05) is 36.4 Å². The van der Waals surface area contributed by atoms with Crippen molar-refractivity contribution in [3.05, 3.63) is 95.8 Å². The molecule has 4 nitrogen and oxygen atoms in total. The molecule has 29 heavy (non-hydrogen) atoms. The summed E-state index contributed by atoms with van der Waals surface area (Å²) in [6, 6.07) is 24.1. The fourth-order valence-electron chi connectivity index (χ4n) is 3.70. The summed E-state index contributed by atoms with van der Waals surface area (Å²) in [6.07, 6.45) is 0. The third kappa shape index (κ3) is 5.00. The van der Waals surface area contributed by atoms with Crippen molar-refractivity contribution in [1.29, 1.82) is 0 Å². The SMILES string of the molecule is O=C(Nc1ccccc1)c1ccc(C[NH+]2CCN(c3ccc(F)cc3)CC2)cc1. The highest BCUT2D eigenvalue weighted by Crippen LogP contribution is 2.14. The minimum atomic E-state index is -0.195. The summed E-state index contributed by atoms with van der Waals surface area (Å²) in [5.41, 5.74) is 3.77. The number of nitrogens with zero attached hydrogens (tertiary/aromatic N) is 1. The zero-order chi connectivity index (χ0) is 20.1. The molecule has 2 N–H and O–H groups in total. The Hall–Kier alpha value is -3.18. The highest BCUT2D eigenvalue weighted by Gasteiger charge is 2.20. The number of anilines is 2. The third-order valence-electron chi connectivity index (χ3n) is 5.36. The molecule has 1 aliphatic rings. The van der Waals surface area contributed by atoms with Gasteiger partial charge in [-0.2, -0.15) is 0 Å². The maximum absolute atomic E-state index is 13.1. The largest absolute Gasteiger partial charge is 0.360 e. The van der Waals surface area contributed by atoms with Crippen LogP contribution in [0.4, 0.5) is 15.8 Å². The molecule has 0 atom stereocenters. The van der Waals surface area contributed by atoms with Crippen molar-refractivity contribution in [1.82, 2.24) is 0 Å². The number of quaternary nitrogens is 1. The number of amides is 1. The average Bonchev–Trinajstić information content (AvgIpc) is 2.76. The van der Waals surface area contributed by atoms with Gasteiger partial charge >= 0.3 is 0 Å². The summed E-state index contributed by atoms with van der Waals surface area (Å²) in [5.74, 6) is -0.290. The molecule has 0 aliphatic carbocycles. The lowest BCUT2D eigenvalue weighted by molar-refractivity contribution is -0.914. The first-order valence-electron chi connectivity index (χ1n) is 9.97. The predicted octanol–water partition coefficient (Wildman–Crippen LogP) is 2.98. The van der Waals surface area contributed by atoms with Gasteiger partial charge in [-0.05, 0) is 48.5 Å². The number of rotatable bonds is 5. The molecular weight excluding hydrogens is 365 g/mol. The van der Waals surface area contributed by atoms with E-state index in [-0.39, 0.29) is 11.7 Å². The van der Waals surface area contributed by atoms with E-state index in [0.717, 1.165) is 44.1 Å². The third-order valence-corrected chi connectivity index (χ3v) is 5.36. The lowest BCUT2D eigenvalue weighted by Crippen LogP contribution is -3.13. The van der Waals surface area contributed by atoms with E-state index < -0.39 is 0 Å². The van der Waals surface area contributed by atoms with Gasteiger partial charge in [0.05, 0.1) is 26.2 Å². The summed E-state index contributed by atoms with van der Waals surface area (Å²) >= 11 is 0. The van der Waals surface area contributed by atoms with Crippen LogP contribution in [0.25, 0.3) is 0 Å². The standard InChI is InChI=1S/C24H24FN3O/c25-21-10-12-23(13-11-21)28-16-14-27(15-17-28)18-19-6-8-20(9-7-19)24(29)26-22-4-2-1-3-5-22/h1-13H,14-18H2,(H,26,29)/p+1. The summed E-state index contributed by atoms with van der Waals surface area (Å²) in [5, 5.41) is 2.91. The van der Waals surface area contributed by atoms with Gasteiger partial charge in [0.25, 0.3) is 5.91 Å². The summed E-state index contributed by atoms with van der Waals surface area (Å²) in [7, 11) is 0. The smallest absolute Gasteiger partial charge is 0.255 e. The van der Waals surface area contributed by atoms with Gasteiger partial charge in [0.2, 0.25) is 0 Å². The molecule has 0 bridgehead atoms. The number of piperazine rings is 1. The van der Waals surface area contributed by atoms with Crippen LogP contribution in [0, 0.1) is 5.82 Å². The minimum absolute atomic E-state index is 0.0944. The van der Waals surface area contributed by atoms with Crippen LogP contribution < -0.4 is 15.1 Å². The molecule has 1 amide bonds. The molecular formula is C24H25FN3O+. The zero-order valence-corrected chi connectivity index (χ0v) is 16.3. The second kappa shape index (κ2) is 8.88. The maximum Gasteiger partial charge on any atom is 0.255 e. The molecule has 5 heteroatoms. The highest BCUT2D eigenvalue weighted by atomic mass is 19.1. The molecule has 0 unspecified atom stereocenters. The Labute approximate surface area is 170 Å². The van der Waals surface area contributed by atoms with Crippen LogP contribution in [0.3, 0.4) is 0 Å². The van der Waals surface area contributed by atoms with E-state index in [1.807, 2.05) is 66.7 Å². The predicted molar refractivity (Wildman–Crippen MR) is 114 cm³/mol. The first-order chi connectivity index (χ1) is 14.2. The lowest BCUT2D eigenvalue weighted by Gasteiger charge is -2.33. The average molecular weight is 390 g/mol. The van der Waals surface area contributed by atoms with Crippen molar-refractivity contribution >= 4 is 17.3 Å². The Morgan fingerprint density at radius 1 is 0.897 bits per heavy atom. The summed E-state index contributed by atoms with van der Waals surface area (Å²) in [6.45, 7) is 4.93. The van der Waals surface area contributed by atoms with Gasteiger partial charge in [0.15, 0.2) is 0 Å². The van der Waals surface area contributed by atoms with E-state index in [2.05, 4.69) is 10.2 Å². The summed E-state index contributed by atoms with van der Waals surface area (Å²) < 4.78 is 13.1. The molecule has 0 spiro atoms. The quantitative estimate of drug-likeness (QED) is 0.703. The highest BCUT2D eigenvalue weighted by molar-refractivity contribution is 6.04. The van der Waals surface area contributed by atoms with Crippen molar-refractivity contribution in [3.63, 3.8) is 0 Å². The van der Waals surface area contributed by atoms with Crippen LogP contribution in [0.2, 0.25) is 0 Å². The van der Waals surface area contributed by atoms with Crippen molar-refractivity contribution in [3.8, 4) is 0 Å². The molecule has 3 aromatic rings. The van der Waals surface area contributed by atoms with Gasteiger partial charge in [-0.25, -0.2) is 4.39 Å². The number of carbonyl (C=O) groups excluding carboxylic acids is 1. The molecule has 1 aliphatic heterocycles. The molecule has 148 valence electrons. The Morgan fingerprint density at radius 3 is 2.21 bits per heavy atom. The monoisotopic (exact) mass is 390 g/mol. The van der Waals surface area contributed by atoms with E-state index in [1.54, 1.807) is 0 Å². The number of nitrogens with one attached hydrogen (secondary N) is 2. The number of para-hydroxylation sites is 1. The fraction of sp³-hybridized carbons (Fsp3) is 0.208. The molecule has 1 heterocycles. The van der Waals surface area contributed by atoms with E-state index in [1.165, 1.54) is 22.6 Å². The topological polar surface area (TPSA) is 36.8 Å². The van der Waals surface area contributed by atoms with Crippen LogP contribution >= 0.6 is 0 Å². The normalized spacial score (nSPS) is 14.6. The van der Waals surface area contributed by atoms with Crippen LogP contribution in [0.15, 0.2) is 78.9 Å². The second-order valence-corrected chi connectivity index (χ2v) is 7.41. The Morgan fingerprint density at radius 2 is 1.55 bits per heavy atom. The van der Waals surface area contributed by atoms with Crippen molar-refractivity contribution < 1.29 is 14.1 Å². The first-order valence-corrected chi connectivity index (χ1v) is 9.97. The number of benzene rings is 3. The minimum Gasteiger partial charge on any atom is -0.360 e. The van der Waals surface area contributed by atoms with E-state index in [4.69, 9.17) is 0 Å². The van der Waals surface area contributed by atoms with E-state index in [0.29, 0.717) is 5.56 Å². The molecule has 1 fully saturated rings. The van der Waals surface area contributed by atoms with Gasteiger partial charge < -0.3 is 15.1 Å². The molecule has 1 saturated heterocycles. The number of carbonyl (C=O) groups is 1. The van der Waals surface area contributed by atoms with Crippen molar-refractivity contribution in [2.45, 2.75) is 6.54 Å². The lowest BCUT2D eigenvalue weighted by atomic mass is 10.1. The number of hydrogen-bond acceptors (Lipinski definition) is 2. The molecule has 0 radical (unpaired) electrons. The van der Waals surface area contributed by atoms with Gasteiger partial charge in [-0.1, -0.05) is 30.3 Å². The number of hydrogen-bond donors (Lipinski definition) is 2. The zero-order valence-electron chi connectivity index (χ0n) is 16.3. The van der Waals surface area contributed by atoms with Gasteiger partial charge in [0, 0.05) is 22.5 Å². The second-order valence-electron chi connectivity index (χ2n) is 7.41. The van der Waals surface area contributed by atoms with Crippen LogP contribution in [0.1, 0.15) is 15.9 Å². The van der Waals surface area contributed by atoms with Gasteiger partial charge in [0.1, 0.15) is 12.4 Å². The maximum atomic E-state index is 13.1. The Bertz CT molecular complexity index is 934. The van der Waals surface area contributed by atoms with Crippen LogP contribution in [-0.2, 0) is 6.54 Å². The molecule has 0 aromatic heterocycles. The molecule has 0 saturated carbocycles. The Balaban J connectivity index is 1.29. The van der Waals surface area contributed by atoms with Gasteiger partial charge in [-0.3, -0.25) is 4.79 Å². The summed E-state index contributed by atoms with van der Waals surface area (Å²) in [4.78, 5) is 16.2.